The molecule has 0 heterocycles. The first-order valence-corrected chi connectivity index (χ1v) is 6.88. The quantitative estimate of drug-likeness (QED) is 0.743. The predicted molar refractivity (Wildman–Crippen MR) is 77.2 cm³/mol. The van der Waals surface area contributed by atoms with Crippen molar-refractivity contribution in [1.29, 1.82) is 0 Å². The average molecular weight is 300 g/mol. The third-order valence-electron chi connectivity index (χ3n) is 2.72. The minimum absolute atomic E-state index is 0.0609. The molecule has 0 aliphatic rings. The maximum absolute atomic E-state index is 12.7. The highest BCUT2D eigenvalue weighted by atomic mass is 32.2. The molecule has 1 atom stereocenters. The SMILES string of the molecule is CC(C)(SCC(=O)Nc1ccc(F)cc1)[C@H](N)C(=O)O. The van der Waals surface area contributed by atoms with E-state index in [1.165, 1.54) is 24.3 Å². The van der Waals surface area contributed by atoms with Crippen molar-refractivity contribution in [3.63, 3.8) is 0 Å². The van der Waals surface area contributed by atoms with Crippen LogP contribution in [0.3, 0.4) is 0 Å². The number of aliphatic carboxylic acids is 1. The van der Waals surface area contributed by atoms with Crippen LogP contribution in [-0.4, -0.2) is 33.5 Å². The zero-order chi connectivity index (χ0) is 15.3. The number of carboxylic acid groups (broad SMARTS) is 1. The van der Waals surface area contributed by atoms with Crippen molar-refractivity contribution < 1.29 is 19.1 Å². The Hall–Kier alpha value is -1.60. The van der Waals surface area contributed by atoms with Crippen LogP contribution in [-0.2, 0) is 9.59 Å². The number of thioether (sulfide) groups is 1. The molecule has 0 spiro atoms. The van der Waals surface area contributed by atoms with Crippen LogP contribution in [0.1, 0.15) is 13.8 Å². The van der Waals surface area contributed by atoms with Crippen molar-refractivity contribution in [2.75, 3.05) is 11.1 Å². The standard InChI is InChI=1S/C13H17FN2O3S/c1-13(2,11(15)12(18)19)20-7-10(17)16-9-5-3-8(14)4-6-9/h3-6,11H,7,15H2,1-2H3,(H,16,17)(H,18,19)/t11-/m1/s1. The van der Waals surface area contributed by atoms with Gasteiger partial charge in [-0.3, -0.25) is 9.59 Å². The fourth-order valence-corrected chi connectivity index (χ4v) is 2.22. The molecule has 0 unspecified atom stereocenters. The van der Waals surface area contributed by atoms with Crippen LogP contribution in [0, 0.1) is 5.82 Å². The third-order valence-corrected chi connectivity index (χ3v) is 4.12. The Morgan fingerprint density at radius 1 is 1.40 bits per heavy atom. The Kier molecular flexibility index (Phi) is 5.52. The van der Waals surface area contributed by atoms with E-state index in [0.29, 0.717) is 5.69 Å². The predicted octanol–water partition coefficient (Wildman–Crippen LogP) is 1.69. The van der Waals surface area contributed by atoms with Crippen molar-refractivity contribution in [1.82, 2.24) is 0 Å². The second-order valence-corrected chi connectivity index (χ2v) is 6.39. The molecule has 0 saturated carbocycles. The van der Waals surface area contributed by atoms with E-state index in [1.54, 1.807) is 13.8 Å². The molecule has 1 amide bonds. The van der Waals surface area contributed by atoms with Gasteiger partial charge in [-0.15, -0.1) is 11.8 Å². The zero-order valence-corrected chi connectivity index (χ0v) is 12.0. The van der Waals surface area contributed by atoms with E-state index in [-0.39, 0.29) is 17.5 Å². The van der Waals surface area contributed by atoms with Gasteiger partial charge in [-0.2, -0.15) is 0 Å². The van der Waals surface area contributed by atoms with Gasteiger partial charge in [0.25, 0.3) is 0 Å². The van der Waals surface area contributed by atoms with Crippen LogP contribution < -0.4 is 11.1 Å². The minimum atomic E-state index is -1.11. The molecule has 0 fully saturated rings. The number of carbonyl (C=O) groups is 2. The number of hydrogen-bond donors (Lipinski definition) is 3. The van der Waals surface area contributed by atoms with Gasteiger partial charge in [0.2, 0.25) is 5.91 Å². The second kappa shape index (κ2) is 6.71. The summed E-state index contributed by atoms with van der Waals surface area (Å²) in [6.45, 7) is 3.34. The monoisotopic (exact) mass is 300 g/mol. The lowest BCUT2D eigenvalue weighted by atomic mass is 10.1. The highest BCUT2D eigenvalue weighted by Gasteiger charge is 2.33. The number of nitrogens with one attached hydrogen (secondary N) is 1. The van der Waals surface area contributed by atoms with E-state index < -0.39 is 16.8 Å². The Morgan fingerprint density at radius 2 is 1.95 bits per heavy atom. The molecule has 110 valence electrons. The van der Waals surface area contributed by atoms with Gasteiger partial charge in [-0.05, 0) is 38.1 Å². The number of carbonyl (C=O) groups excluding carboxylic acids is 1. The van der Waals surface area contributed by atoms with E-state index >= 15 is 0 Å². The Balaban J connectivity index is 2.51. The van der Waals surface area contributed by atoms with Gasteiger partial charge in [0.05, 0.1) is 5.75 Å². The molecular formula is C13H17FN2O3S. The van der Waals surface area contributed by atoms with E-state index in [0.717, 1.165) is 11.8 Å². The Bertz CT molecular complexity index is 491. The number of benzene rings is 1. The fraction of sp³-hybridized carbons (Fsp3) is 0.385. The minimum Gasteiger partial charge on any atom is -0.480 e. The molecule has 1 rings (SSSR count). The molecule has 0 bridgehead atoms. The molecule has 4 N–H and O–H groups in total. The summed E-state index contributed by atoms with van der Waals surface area (Å²) in [5.41, 5.74) is 6.04. The molecule has 0 saturated heterocycles. The molecule has 7 heteroatoms. The highest BCUT2D eigenvalue weighted by molar-refractivity contribution is 8.01. The fourth-order valence-electron chi connectivity index (χ4n) is 1.37. The van der Waals surface area contributed by atoms with Crippen molar-refractivity contribution in [3.8, 4) is 0 Å². The number of carboxylic acids is 1. The first-order valence-electron chi connectivity index (χ1n) is 5.90. The molecule has 1 aromatic carbocycles. The van der Waals surface area contributed by atoms with Gasteiger partial charge in [0, 0.05) is 10.4 Å². The number of hydrogen-bond acceptors (Lipinski definition) is 4. The smallest absolute Gasteiger partial charge is 0.321 e. The van der Waals surface area contributed by atoms with Crippen LogP contribution in [0.4, 0.5) is 10.1 Å². The summed E-state index contributed by atoms with van der Waals surface area (Å²) in [5, 5.41) is 11.5. The lowest BCUT2D eigenvalue weighted by Crippen LogP contribution is -2.47. The molecule has 1 aromatic rings. The summed E-state index contributed by atoms with van der Waals surface area (Å²) in [7, 11) is 0. The maximum Gasteiger partial charge on any atom is 0.321 e. The molecule has 5 nitrogen and oxygen atoms in total. The number of rotatable bonds is 6. The topological polar surface area (TPSA) is 92.4 Å². The number of amides is 1. The summed E-state index contributed by atoms with van der Waals surface area (Å²) in [6, 6.07) is 4.32. The zero-order valence-electron chi connectivity index (χ0n) is 11.2. The lowest BCUT2D eigenvalue weighted by molar-refractivity contribution is -0.139. The molecule has 0 aromatic heterocycles. The lowest BCUT2D eigenvalue weighted by Gasteiger charge is -2.27. The van der Waals surface area contributed by atoms with E-state index in [2.05, 4.69) is 5.32 Å². The number of anilines is 1. The summed E-state index contributed by atoms with van der Waals surface area (Å²) in [4.78, 5) is 22.6. The molecule has 0 radical (unpaired) electrons. The van der Waals surface area contributed by atoms with Gasteiger partial charge in [-0.25, -0.2) is 4.39 Å². The molecule has 0 aliphatic heterocycles. The largest absolute Gasteiger partial charge is 0.480 e. The van der Waals surface area contributed by atoms with Gasteiger partial charge >= 0.3 is 5.97 Å². The van der Waals surface area contributed by atoms with Crippen LogP contribution in [0.15, 0.2) is 24.3 Å². The van der Waals surface area contributed by atoms with E-state index in [1.807, 2.05) is 0 Å². The molecule has 0 aliphatic carbocycles. The van der Waals surface area contributed by atoms with Crippen molar-refractivity contribution in [2.24, 2.45) is 5.73 Å². The number of halogens is 1. The van der Waals surface area contributed by atoms with E-state index in [4.69, 9.17) is 10.8 Å². The Morgan fingerprint density at radius 3 is 2.45 bits per heavy atom. The van der Waals surface area contributed by atoms with Gasteiger partial charge in [-0.1, -0.05) is 0 Å². The molecule has 20 heavy (non-hydrogen) atoms. The van der Waals surface area contributed by atoms with Crippen LogP contribution in [0.2, 0.25) is 0 Å². The van der Waals surface area contributed by atoms with Crippen molar-refractivity contribution in [3.05, 3.63) is 30.1 Å². The van der Waals surface area contributed by atoms with Crippen LogP contribution in [0.25, 0.3) is 0 Å². The first-order chi connectivity index (χ1) is 9.22. The maximum atomic E-state index is 12.7. The van der Waals surface area contributed by atoms with Gasteiger partial charge in [0.15, 0.2) is 0 Å². The summed E-state index contributed by atoms with van der Waals surface area (Å²) >= 11 is 1.15. The van der Waals surface area contributed by atoms with Crippen LogP contribution >= 0.6 is 11.8 Å². The third kappa shape index (κ3) is 4.82. The molecular weight excluding hydrogens is 283 g/mol. The van der Waals surface area contributed by atoms with Gasteiger partial charge < -0.3 is 16.2 Å². The second-order valence-electron chi connectivity index (χ2n) is 4.76. The Labute approximate surface area is 120 Å². The number of nitrogens with two attached hydrogens (primary N) is 1. The van der Waals surface area contributed by atoms with Crippen LogP contribution in [0.5, 0.6) is 0 Å². The summed E-state index contributed by atoms with van der Waals surface area (Å²) in [5.74, 6) is -1.73. The summed E-state index contributed by atoms with van der Waals surface area (Å²) < 4.78 is 11.9. The van der Waals surface area contributed by atoms with E-state index in [9.17, 15) is 14.0 Å². The first kappa shape index (κ1) is 16.5. The van der Waals surface area contributed by atoms with Crippen molar-refractivity contribution >= 4 is 29.3 Å². The average Bonchev–Trinajstić information content (AvgIpc) is 2.38. The van der Waals surface area contributed by atoms with Crippen molar-refractivity contribution in [2.45, 2.75) is 24.6 Å². The highest BCUT2D eigenvalue weighted by Crippen LogP contribution is 2.27. The normalized spacial score (nSPS) is 12.8. The summed E-state index contributed by atoms with van der Waals surface area (Å²) in [6.07, 6.45) is 0. The van der Waals surface area contributed by atoms with Gasteiger partial charge in [0.1, 0.15) is 11.9 Å².